The molecule has 1 fully saturated rings. The summed E-state index contributed by atoms with van der Waals surface area (Å²) in [5, 5.41) is 7.00. The van der Waals surface area contributed by atoms with Crippen molar-refractivity contribution in [1.29, 1.82) is 0 Å². The van der Waals surface area contributed by atoms with E-state index in [9.17, 15) is 13.6 Å². The maximum Gasteiger partial charge on any atom is 0.237 e. The number of ether oxygens (including phenoxy) is 2. The van der Waals surface area contributed by atoms with E-state index in [2.05, 4.69) is 15.5 Å². The van der Waals surface area contributed by atoms with E-state index in [-0.39, 0.29) is 36.9 Å². The van der Waals surface area contributed by atoms with Crippen molar-refractivity contribution < 1.29 is 23.0 Å². The highest BCUT2D eigenvalue weighted by atomic mass is 35.5. The number of amides is 1. The Balaban J connectivity index is 1.22. The highest BCUT2D eigenvalue weighted by Crippen LogP contribution is 2.32. The molecule has 0 saturated carbocycles. The smallest absolute Gasteiger partial charge is 0.237 e. The van der Waals surface area contributed by atoms with Crippen LogP contribution in [0.5, 0.6) is 11.5 Å². The Bertz CT molecular complexity index is 1280. The SMILES string of the molecule is O=C(NCCc1ccc2c(c1)OCO2)[C@@H]1C[C@H](NCc2cc(F)ccc2F)CN1Cc1cccc(Cl)c1. The number of benzene rings is 3. The Labute approximate surface area is 219 Å². The summed E-state index contributed by atoms with van der Waals surface area (Å²) in [6, 6.07) is 16.3. The maximum absolute atomic E-state index is 14.1. The fraction of sp³-hybridized carbons (Fsp3) is 0.321. The number of nitrogens with zero attached hydrogens (tertiary/aromatic N) is 1. The van der Waals surface area contributed by atoms with Crippen molar-refractivity contribution in [2.45, 2.75) is 38.0 Å². The molecule has 2 N–H and O–H groups in total. The lowest BCUT2D eigenvalue weighted by molar-refractivity contribution is -0.125. The monoisotopic (exact) mass is 527 g/mol. The molecular formula is C28H28ClF2N3O3. The standard InChI is InChI=1S/C28H28ClF2N3O3/c29-21-3-1-2-19(10-21)15-34-16-23(33-14-20-12-22(30)5-6-24(20)31)13-25(34)28(35)32-9-8-18-4-7-26-27(11-18)37-17-36-26/h1-7,10-12,23,25,33H,8-9,13-17H2,(H,32,35)/t23-,25-/m0/s1. The number of rotatable bonds is 9. The number of nitrogens with one attached hydrogen (secondary N) is 2. The van der Waals surface area contributed by atoms with Gasteiger partial charge >= 0.3 is 0 Å². The maximum atomic E-state index is 14.1. The molecule has 0 radical (unpaired) electrons. The topological polar surface area (TPSA) is 62.8 Å². The van der Waals surface area contributed by atoms with Crippen LogP contribution in [0.3, 0.4) is 0 Å². The van der Waals surface area contributed by atoms with Crippen molar-refractivity contribution in [3.8, 4) is 11.5 Å². The first kappa shape index (κ1) is 25.4. The highest BCUT2D eigenvalue weighted by Gasteiger charge is 2.36. The van der Waals surface area contributed by atoms with Crippen molar-refractivity contribution in [1.82, 2.24) is 15.5 Å². The normalized spacial score (nSPS) is 18.8. The Morgan fingerprint density at radius 1 is 1.03 bits per heavy atom. The van der Waals surface area contributed by atoms with E-state index in [0.717, 1.165) is 34.8 Å². The van der Waals surface area contributed by atoms with E-state index >= 15 is 0 Å². The minimum Gasteiger partial charge on any atom is -0.454 e. The molecule has 1 saturated heterocycles. The second-order valence-electron chi connectivity index (χ2n) is 9.35. The van der Waals surface area contributed by atoms with Crippen molar-refractivity contribution in [3.63, 3.8) is 0 Å². The van der Waals surface area contributed by atoms with Crippen LogP contribution in [0.25, 0.3) is 0 Å². The average molecular weight is 528 g/mol. The number of carbonyl (C=O) groups excluding carboxylic acids is 1. The van der Waals surface area contributed by atoms with E-state index in [1.165, 1.54) is 6.07 Å². The van der Waals surface area contributed by atoms with Crippen LogP contribution in [0.4, 0.5) is 8.78 Å². The predicted molar refractivity (Wildman–Crippen MR) is 137 cm³/mol. The molecular weight excluding hydrogens is 500 g/mol. The Morgan fingerprint density at radius 2 is 1.89 bits per heavy atom. The fourth-order valence-corrected chi connectivity index (χ4v) is 5.06. The van der Waals surface area contributed by atoms with E-state index < -0.39 is 11.6 Å². The van der Waals surface area contributed by atoms with Crippen molar-refractivity contribution in [2.24, 2.45) is 0 Å². The molecule has 0 aliphatic carbocycles. The minimum absolute atomic E-state index is 0.0635. The first-order valence-electron chi connectivity index (χ1n) is 12.3. The molecule has 2 atom stereocenters. The third-order valence-corrected chi connectivity index (χ3v) is 6.95. The molecule has 2 aliphatic heterocycles. The van der Waals surface area contributed by atoms with Crippen LogP contribution in [-0.4, -0.2) is 42.8 Å². The quantitative estimate of drug-likeness (QED) is 0.431. The van der Waals surface area contributed by atoms with Crippen LogP contribution in [0.2, 0.25) is 5.02 Å². The first-order chi connectivity index (χ1) is 17.9. The van der Waals surface area contributed by atoms with Crippen LogP contribution in [0.15, 0.2) is 60.7 Å². The van der Waals surface area contributed by atoms with Crippen LogP contribution < -0.4 is 20.1 Å². The lowest BCUT2D eigenvalue weighted by atomic mass is 10.1. The van der Waals surface area contributed by atoms with Gasteiger partial charge in [0.25, 0.3) is 0 Å². The zero-order chi connectivity index (χ0) is 25.8. The molecule has 0 bridgehead atoms. The largest absolute Gasteiger partial charge is 0.454 e. The van der Waals surface area contributed by atoms with Gasteiger partial charge in [0.1, 0.15) is 11.6 Å². The fourth-order valence-electron chi connectivity index (χ4n) is 4.85. The van der Waals surface area contributed by atoms with Gasteiger partial charge in [0.05, 0.1) is 6.04 Å². The third-order valence-electron chi connectivity index (χ3n) is 6.72. The zero-order valence-electron chi connectivity index (χ0n) is 20.2. The first-order valence-corrected chi connectivity index (χ1v) is 12.6. The Hall–Kier alpha value is -3.20. The van der Waals surface area contributed by atoms with Gasteiger partial charge in [-0.05, 0) is 66.4 Å². The zero-order valence-corrected chi connectivity index (χ0v) is 20.9. The molecule has 3 aromatic carbocycles. The van der Waals surface area contributed by atoms with Crippen molar-refractivity contribution in [3.05, 3.63) is 94.0 Å². The number of fused-ring (bicyclic) bond motifs is 1. The van der Waals surface area contributed by atoms with Gasteiger partial charge < -0.3 is 20.1 Å². The van der Waals surface area contributed by atoms with Crippen molar-refractivity contribution in [2.75, 3.05) is 19.9 Å². The van der Waals surface area contributed by atoms with Gasteiger partial charge in [-0.2, -0.15) is 0 Å². The Kier molecular flexibility index (Phi) is 7.88. The van der Waals surface area contributed by atoms with Gasteiger partial charge in [-0.1, -0.05) is 29.8 Å². The summed E-state index contributed by atoms with van der Waals surface area (Å²) in [5.41, 5.74) is 2.31. The average Bonchev–Trinajstić information content (AvgIpc) is 3.51. The molecule has 5 rings (SSSR count). The molecule has 2 heterocycles. The summed E-state index contributed by atoms with van der Waals surface area (Å²) in [4.78, 5) is 15.3. The highest BCUT2D eigenvalue weighted by molar-refractivity contribution is 6.30. The summed E-state index contributed by atoms with van der Waals surface area (Å²) < 4.78 is 38.5. The van der Waals surface area contributed by atoms with Crippen LogP contribution >= 0.6 is 11.6 Å². The molecule has 0 spiro atoms. The molecule has 0 unspecified atom stereocenters. The van der Waals surface area contributed by atoms with Gasteiger partial charge in [-0.15, -0.1) is 0 Å². The van der Waals surface area contributed by atoms with Crippen LogP contribution in [0.1, 0.15) is 23.1 Å². The lowest BCUT2D eigenvalue weighted by Gasteiger charge is -2.23. The van der Waals surface area contributed by atoms with Gasteiger partial charge in [0.15, 0.2) is 11.5 Å². The number of carbonyl (C=O) groups is 1. The van der Waals surface area contributed by atoms with E-state index in [1.807, 2.05) is 42.5 Å². The second-order valence-corrected chi connectivity index (χ2v) is 9.79. The van der Waals surface area contributed by atoms with Crippen LogP contribution in [-0.2, 0) is 24.3 Å². The van der Waals surface area contributed by atoms with Gasteiger partial charge in [-0.25, -0.2) is 8.78 Å². The molecule has 194 valence electrons. The number of halogens is 3. The lowest BCUT2D eigenvalue weighted by Crippen LogP contribution is -2.43. The summed E-state index contributed by atoms with van der Waals surface area (Å²) >= 11 is 6.17. The van der Waals surface area contributed by atoms with Crippen LogP contribution in [0, 0.1) is 11.6 Å². The molecule has 3 aromatic rings. The Morgan fingerprint density at radius 3 is 2.76 bits per heavy atom. The van der Waals surface area contributed by atoms with Gasteiger partial charge in [-0.3, -0.25) is 9.69 Å². The van der Waals surface area contributed by atoms with E-state index in [0.29, 0.717) is 37.5 Å². The van der Waals surface area contributed by atoms with Gasteiger partial charge in [0.2, 0.25) is 12.7 Å². The number of hydrogen-bond acceptors (Lipinski definition) is 5. The summed E-state index contributed by atoms with van der Waals surface area (Å²) in [6.45, 7) is 2.02. The molecule has 1 amide bonds. The van der Waals surface area contributed by atoms with Crippen molar-refractivity contribution >= 4 is 17.5 Å². The number of likely N-dealkylation sites (tertiary alicyclic amines) is 1. The second kappa shape index (κ2) is 11.5. The van der Waals surface area contributed by atoms with E-state index in [1.54, 1.807) is 0 Å². The molecule has 9 heteroatoms. The van der Waals surface area contributed by atoms with Gasteiger partial charge in [0, 0.05) is 42.8 Å². The molecule has 6 nitrogen and oxygen atoms in total. The summed E-state index contributed by atoms with van der Waals surface area (Å²) in [6.07, 6.45) is 1.21. The third kappa shape index (κ3) is 6.39. The molecule has 0 aromatic heterocycles. The minimum atomic E-state index is -0.480. The molecule has 2 aliphatic rings. The summed E-state index contributed by atoms with van der Waals surface area (Å²) in [7, 11) is 0. The summed E-state index contributed by atoms with van der Waals surface area (Å²) in [5.74, 6) is 0.444. The molecule has 37 heavy (non-hydrogen) atoms. The van der Waals surface area contributed by atoms with E-state index in [4.69, 9.17) is 21.1 Å². The predicted octanol–water partition coefficient (Wildman–Crippen LogP) is 4.44. The number of hydrogen-bond donors (Lipinski definition) is 2.